The summed E-state index contributed by atoms with van der Waals surface area (Å²) in [5.74, 6) is 0.726. The van der Waals surface area contributed by atoms with Crippen LogP contribution in [0, 0.1) is 6.92 Å². The topological polar surface area (TPSA) is 64.4 Å². The van der Waals surface area contributed by atoms with E-state index >= 15 is 0 Å². The molecule has 5 nitrogen and oxygen atoms in total. The molecule has 4 aromatic rings. The second-order valence-corrected chi connectivity index (χ2v) is 6.69. The number of aromatic nitrogens is 1. The number of rotatable bonds is 5. The van der Waals surface area contributed by atoms with Crippen molar-refractivity contribution in [1.82, 2.24) is 4.98 Å². The average Bonchev–Trinajstić information content (AvgIpc) is 3.11. The van der Waals surface area contributed by atoms with Crippen LogP contribution in [0.3, 0.4) is 0 Å². The minimum absolute atomic E-state index is 0.146. The molecule has 0 aliphatic rings. The third-order valence-corrected chi connectivity index (χ3v) is 4.56. The highest BCUT2D eigenvalue weighted by Gasteiger charge is 2.12. The number of carbonyl (C=O) groups excluding carboxylic acids is 1. The molecule has 1 N–H and O–H groups in total. The molecule has 28 heavy (non-hydrogen) atoms. The van der Waals surface area contributed by atoms with Crippen LogP contribution in [-0.2, 0) is 4.79 Å². The summed E-state index contributed by atoms with van der Waals surface area (Å²) < 4.78 is 11.3. The number of fused-ring (bicyclic) bond motifs is 1. The van der Waals surface area contributed by atoms with Gasteiger partial charge in [-0.15, -0.1) is 0 Å². The lowest BCUT2D eigenvalue weighted by molar-refractivity contribution is -0.118. The fraction of sp³-hybridized carbons (Fsp3) is 0.0909. The third-order valence-electron chi connectivity index (χ3n) is 4.24. The Kier molecular flexibility index (Phi) is 5.00. The zero-order chi connectivity index (χ0) is 19.5. The molecule has 6 heteroatoms. The minimum atomic E-state index is -0.294. The van der Waals surface area contributed by atoms with E-state index in [2.05, 4.69) is 10.3 Å². The molecule has 0 saturated heterocycles. The number of hydrogen-bond acceptors (Lipinski definition) is 4. The normalized spacial score (nSPS) is 10.8. The summed E-state index contributed by atoms with van der Waals surface area (Å²) in [6.07, 6.45) is 0. The van der Waals surface area contributed by atoms with Crippen molar-refractivity contribution in [3.8, 4) is 17.2 Å². The van der Waals surface area contributed by atoms with Crippen LogP contribution in [0.2, 0.25) is 5.02 Å². The molecule has 0 unspecified atom stereocenters. The fourth-order valence-corrected chi connectivity index (χ4v) is 3.02. The Morgan fingerprint density at radius 1 is 1.11 bits per heavy atom. The van der Waals surface area contributed by atoms with Crippen LogP contribution in [0.25, 0.3) is 22.6 Å². The van der Waals surface area contributed by atoms with Crippen LogP contribution in [0.5, 0.6) is 5.75 Å². The van der Waals surface area contributed by atoms with Crippen LogP contribution in [-0.4, -0.2) is 17.5 Å². The first-order chi connectivity index (χ1) is 13.6. The number of para-hydroxylation sites is 1. The molecule has 0 fully saturated rings. The van der Waals surface area contributed by atoms with Crippen LogP contribution in [0.15, 0.2) is 71.1 Å². The first-order valence-corrected chi connectivity index (χ1v) is 9.12. The lowest BCUT2D eigenvalue weighted by Gasteiger charge is -2.08. The molecule has 1 heterocycles. The van der Waals surface area contributed by atoms with Crippen LogP contribution in [0.4, 0.5) is 5.69 Å². The van der Waals surface area contributed by atoms with Crippen molar-refractivity contribution in [1.29, 1.82) is 0 Å². The number of nitrogens with zero attached hydrogens (tertiary/aromatic N) is 1. The number of benzene rings is 3. The van der Waals surface area contributed by atoms with Gasteiger partial charge in [0.05, 0.1) is 5.02 Å². The number of carbonyl (C=O) groups is 1. The predicted octanol–water partition coefficient (Wildman–Crippen LogP) is 5.47. The van der Waals surface area contributed by atoms with Gasteiger partial charge in [-0.25, -0.2) is 4.98 Å². The summed E-state index contributed by atoms with van der Waals surface area (Å²) in [6.45, 7) is 1.86. The van der Waals surface area contributed by atoms with Gasteiger partial charge in [0.2, 0.25) is 5.89 Å². The summed E-state index contributed by atoms with van der Waals surface area (Å²) in [5.41, 5.74) is 3.95. The molecule has 0 aliphatic carbocycles. The molecule has 0 bridgehead atoms. The second-order valence-electron chi connectivity index (χ2n) is 6.28. The lowest BCUT2D eigenvalue weighted by Crippen LogP contribution is -2.20. The van der Waals surface area contributed by atoms with Crippen molar-refractivity contribution in [2.75, 3.05) is 11.9 Å². The van der Waals surface area contributed by atoms with E-state index < -0.39 is 0 Å². The molecular formula is C22H17ClN2O3. The van der Waals surface area contributed by atoms with Crippen LogP contribution >= 0.6 is 11.6 Å². The van der Waals surface area contributed by atoms with Gasteiger partial charge in [-0.2, -0.15) is 0 Å². The molecule has 1 aromatic heterocycles. The molecule has 140 valence electrons. The molecule has 0 saturated carbocycles. The number of halogens is 1. The van der Waals surface area contributed by atoms with Crippen molar-refractivity contribution < 1.29 is 13.9 Å². The number of hydrogen-bond donors (Lipinski definition) is 1. The summed E-state index contributed by atoms with van der Waals surface area (Å²) in [6, 6.07) is 20.2. The van der Waals surface area contributed by atoms with Crippen molar-refractivity contribution in [2.45, 2.75) is 6.92 Å². The Hall–Kier alpha value is -3.31. The molecular weight excluding hydrogens is 376 g/mol. The Balaban J connectivity index is 1.48. The van der Waals surface area contributed by atoms with Crippen LogP contribution < -0.4 is 10.1 Å². The van der Waals surface area contributed by atoms with E-state index in [0.717, 1.165) is 16.6 Å². The smallest absolute Gasteiger partial charge is 0.262 e. The molecule has 0 spiro atoms. The standard InChI is InChI=1S/C22H17ClN2O3/c1-14-6-2-3-7-16(14)22-25-18-11-10-15(12-20(18)28-22)24-21(26)13-27-19-9-5-4-8-17(19)23/h2-12H,13H2,1H3,(H,24,26). The summed E-state index contributed by atoms with van der Waals surface area (Å²) in [7, 11) is 0. The van der Waals surface area contributed by atoms with Gasteiger partial charge in [0.25, 0.3) is 5.91 Å². The SMILES string of the molecule is Cc1ccccc1-c1nc2ccc(NC(=O)COc3ccccc3Cl)cc2o1. The average molecular weight is 393 g/mol. The van der Waals surface area contributed by atoms with E-state index in [1.807, 2.05) is 37.3 Å². The fourth-order valence-electron chi connectivity index (χ4n) is 2.83. The number of ether oxygens (including phenoxy) is 1. The van der Waals surface area contributed by atoms with Crippen molar-refractivity contribution in [3.63, 3.8) is 0 Å². The Morgan fingerprint density at radius 3 is 2.71 bits per heavy atom. The third kappa shape index (κ3) is 3.85. The number of oxazole rings is 1. The van der Waals surface area contributed by atoms with Crippen molar-refractivity contribution in [2.24, 2.45) is 0 Å². The molecule has 4 rings (SSSR count). The van der Waals surface area contributed by atoms with E-state index in [1.54, 1.807) is 36.4 Å². The first-order valence-electron chi connectivity index (χ1n) is 8.74. The second kappa shape index (κ2) is 7.74. The maximum atomic E-state index is 12.2. The number of amides is 1. The van der Waals surface area contributed by atoms with E-state index in [4.69, 9.17) is 20.8 Å². The Morgan fingerprint density at radius 2 is 1.89 bits per heavy atom. The molecule has 0 atom stereocenters. The van der Waals surface area contributed by atoms with Crippen molar-refractivity contribution >= 4 is 34.3 Å². The van der Waals surface area contributed by atoms with Gasteiger partial charge in [-0.1, -0.05) is 41.9 Å². The minimum Gasteiger partial charge on any atom is -0.482 e. The summed E-state index contributed by atoms with van der Waals surface area (Å²) in [5, 5.41) is 3.25. The Labute approximate surface area is 166 Å². The number of nitrogens with one attached hydrogen (secondary N) is 1. The largest absolute Gasteiger partial charge is 0.482 e. The summed E-state index contributed by atoms with van der Waals surface area (Å²) in [4.78, 5) is 16.7. The maximum absolute atomic E-state index is 12.2. The quantitative estimate of drug-likeness (QED) is 0.488. The van der Waals surface area contributed by atoms with Gasteiger partial charge in [0.15, 0.2) is 12.2 Å². The molecule has 0 aliphatic heterocycles. The number of anilines is 1. The molecule has 3 aromatic carbocycles. The zero-order valence-electron chi connectivity index (χ0n) is 15.1. The van der Waals surface area contributed by atoms with Crippen LogP contribution in [0.1, 0.15) is 5.56 Å². The highest BCUT2D eigenvalue weighted by atomic mass is 35.5. The maximum Gasteiger partial charge on any atom is 0.262 e. The van der Waals surface area contributed by atoms with E-state index in [-0.39, 0.29) is 12.5 Å². The van der Waals surface area contributed by atoms with Gasteiger partial charge in [0, 0.05) is 17.3 Å². The number of aryl methyl sites for hydroxylation is 1. The highest BCUT2D eigenvalue weighted by molar-refractivity contribution is 6.32. The lowest BCUT2D eigenvalue weighted by atomic mass is 10.1. The van der Waals surface area contributed by atoms with Gasteiger partial charge in [0.1, 0.15) is 11.3 Å². The van der Waals surface area contributed by atoms with E-state index in [0.29, 0.717) is 27.9 Å². The Bertz CT molecular complexity index is 1150. The van der Waals surface area contributed by atoms with E-state index in [9.17, 15) is 4.79 Å². The predicted molar refractivity (Wildman–Crippen MR) is 110 cm³/mol. The van der Waals surface area contributed by atoms with Gasteiger partial charge >= 0.3 is 0 Å². The van der Waals surface area contributed by atoms with Crippen molar-refractivity contribution in [3.05, 3.63) is 77.3 Å². The van der Waals surface area contributed by atoms with Gasteiger partial charge in [-0.05, 0) is 42.8 Å². The van der Waals surface area contributed by atoms with E-state index in [1.165, 1.54) is 0 Å². The van der Waals surface area contributed by atoms with Gasteiger partial charge < -0.3 is 14.5 Å². The summed E-state index contributed by atoms with van der Waals surface area (Å²) >= 11 is 6.02. The molecule has 0 radical (unpaired) electrons. The highest BCUT2D eigenvalue weighted by Crippen LogP contribution is 2.28. The van der Waals surface area contributed by atoms with Gasteiger partial charge in [-0.3, -0.25) is 4.79 Å². The monoisotopic (exact) mass is 392 g/mol. The first kappa shape index (κ1) is 18.1. The zero-order valence-corrected chi connectivity index (χ0v) is 15.9. The molecule has 1 amide bonds.